The molecule has 1 heterocycles. The molecule has 0 spiro atoms. The van der Waals surface area contributed by atoms with Crippen molar-refractivity contribution in [1.29, 1.82) is 0 Å². The van der Waals surface area contributed by atoms with Crippen molar-refractivity contribution in [3.8, 4) is 0 Å². The fourth-order valence-electron chi connectivity index (χ4n) is 1.54. The first kappa shape index (κ1) is 10.4. The number of nitrogens with zero attached hydrogens (tertiary/aromatic N) is 1. The van der Waals surface area contributed by atoms with E-state index in [1.807, 2.05) is 0 Å². The van der Waals surface area contributed by atoms with E-state index < -0.39 is 10.5 Å². The molecule has 1 aliphatic rings. The molecule has 6 heteroatoms. The van der Waals surface area contributed by atoms with Crippen LogP contribution in [-0.4, -0.2) is 23.1 Å². The van der Waals surface area contributed by atoms with Gasteiger partial charge in [0.25, 0.3) is 5.69 Å². The number of halogens is 1. The molecule has 0 aliphatic carbocycles. The number of nitro groups is 1. The van der Waals surface area contributed by atoms with Crippen molar-refractivity contribution in [2.45, 2.75) is 5.60 Å². The lowest BCUT2D eigenvalue weighted by atomic mass is 9.88. The largest absolute Gasteiger partial charge is 0.382 e. The minimum atomic E-state index is -1.07. The van der Waals surface area contributed by atoms with Crippen LogP contribution in [0.5, 0.6) is 0 Å². The Labute approximate surface area is 90.8 Å². The van der Waals surface area contributed by atoms with Crippen LogP contribution in [0.3, 0.4) is 0 Å². The summed E-state index contributed by atoms with van der Waals surface area (Å²) in [5.74, 6) is 0. The number of hydrogen-bond acceptors (Lipinski definition) is 4. The Kier molecular flexibility index (Phi) is 2.38. The number of nitro benzene ring substituents is 1. The molecule has 0 aromatic heterocycles. The number of β-amino-alcohol motifs (C(OH)–C–C–N with tert-alkyl or cyclic N) is 1. The van der Waals surface area contributed by atoms with Gasteiger partial charge in [-0.05, 0) is 6.07 Å². The topological polar surface area (TPSA) is 75.4 Å². The smallest absolute Gasteiger partial charge is 0.269 e. The molecule has 1 saturated heterocycles. The summed E-state index contributed by atoms with van der Waals surface area (Å²) in [6, 6.07) is 4.08. The van der Waals surface area contributed by atoms with Crippen molar-refractivity contribution >= 4 is 17.3 Å². The summed E-state index contributed by atoms with van der Waals surface area (Å²) in [5, 5.41) is 23.8. The third-order valence-corrected chi connectivity index (χ3v) is 2.83. The van der Waals surface area contributed by atoms with Crippen molar-refractivity contribution in [1.82, 2.24) is 5.32 Å². The van der Waals surface area contributed by atoms with E-state index in [0.717, 1.165) is 0 Å². The van der Waals surface area contributed by atoms with Gasteiger partial charge in [0.15, 0.2) is 0 Å². The van der Waals surface area contributed by atoms with E-state index in [9.17, 15) is 15.2 Å². The van der Waals surface area contributed by atoms with Gasteiger partial charge in [0.2, 0.25) is 0 Å². The molecule has 15 heavy (non-hydrogen) atoms. The lowest BCUT2D eigenvalue weighted by Crippen LogP contribution is -2.56. The molecular formula is C9H9ClN2O3. The summed E-state index contributed by atoms with van der Waals surface area (Å²) in [6.07, 6.45) is 0. The molecule has 2 N–H and O–H groups in total. The fourth-order valence-corrected chi connectivity index (χ4v) is 1.83. The lowest BCUT2D eigenvalue weighted by molar-refractivity contribution is -0.385. The van der Waals surface area contributed by atoms with Gasteiger partial charge in [0.05, 0.1) is 4.92 Å². The van der Waals surface area contributed by atoms with Crippen molar-refractivity contribution in [2.24, 2.45) is 0 Å². The third kappa shape index (κ3) is 1.69. The van der Waals surface area contributed by atoms with E-state index in [-0.39, 0.29) is 5.69 Å². The molecule has 0 saturated carbocycles. The summed E-state index contributed by atoms with van der Waals surface area (Å²) < 4.78 is 0. The maximum absolute atomic E-state index is 10.6. The molecular weight excluding hydrogens is 220 g/mol. The van der Waals surface area contributed by atoms with Crippen LogP contribution in [0.4, 0.5) is 5.69 Å². The highest BCUT2D eigenvalue weighted by Gasteiger charge is 2.38. The Hall–Kier alpha value is -1.17. The lowest BCUT2D eigenvalue weighted by Gasteiger charge is -2.38. The van der Waals surface area contributed by atoms with Gasteiger partial charge >= 0.3 is 0 Å². The normalized spacial score (nSPS) is 18.3. The van der Waals surface area contributed by atoms with Crippen molar-refractivity contribution in [3.63, 3.8) is 0 Å². The van der Waals surface area contributed by atoms with Crippen molar-refractivity contribution in [3.05, 3.63) is 38.9 Å². The standard InChI is InChI=1S/C9H9ClN2O3/c10-8-2-1-6(12(14)15)3-7(8)9(13)4-11-5-9/h1-3,11,13H,4-5H2. The predicted octanol–water partition coefficient (Wildman–Crippen LogP) is 1.04. The van der Waals surface area contributed by atoms with Crippen LogP contribution in [0.15, 0.2) is 18.2 Å². The van der Waals surface area contributed by atoms with Gasteiger partial charge < -0.3 is 10.4 Å². The van der Waals surface area contributed by atoms with Crippen LogP contribution in [0.25, 0.3) is 0 Å². The highest BCUT2D eigenvalue weighted by Crippen LogP contribution is 2.33. The zero-order chi connectivity index (χ0) is 11.1. The molecule has 1 aliphatic heterocycles. The van der Waals surface area contributed by atoms with Crippen LogP contribution in [0.1, 0.15) is 5.56 Å². The quantitative estimate of drug-likeness (QED) is 0.586. The van der Waals surface area contributed by atoms with E-state index in [2.05, 4.69) is 5.32 Å². The fraction of sp³-hybridized carbons (Fsp3) is 0.333. The summed E-state index contributed by atoms with van der Waals surface area (Å²) >= 11 is 5.89. The van der Waals surface area contributed by atoms with E-state index in [4.69, 9.17) is 11.6 Å². The molecule has 5 nitrogen and oxygen atoms in total. The Morgan fingerprint density at radius 3 is 2.67 bits per heavy atom. The van der Waals surface area contributed by atoms with Gasteiger partial charge in [-0.15, -0.1) is 0 Å². The highest BCUT2D eigenvalue weighted by molar-refractivity contribution is 6.31. The number of benzene rings is 1. The predicted molar refractivity (Wildman–Crippen MR) is 54.9 cm³/mol. The number of non-ortho nitro benzene ring substituents is 1. The zero-order valence-corrected chi connectivity index (χ0v) is 8.49. The van der Waals surface area contributed by atoms with E-state index in [1.165, 1.54) is 18.2 Å². The third-order valence-electron chi connectivity index (χ3n) is 2.50. The first-order valence-corrected chi connectivity index (χ1v) is 4.78. The average molecular weight is 229 g/mol. The highest BCUT2D eigenvalue weighted by atomic mass is 35.5. The van der Waals surface area contributed by atoms with Gasteiger partial charge in [0, 0.05) is 35.8 Å². The number of nitrogens with one attached hydrogen (secondary N) is 1. The van der Waals surface area contributed by atoms with Gasteiger partial charge in [-0.2, -0.15) is 0 Å². The Balaban J connectivity index is 2.45. The van der Waals surface area contributed by atoms with Gasteiger partial charge in [-0.25, -0.2) is 0 Å². The maximum atomic E-state index is 10.6. The summed E-state index contributed by atoms with van der Waals surface area (Å²) in [5.41, 5.74) is -0.713. The van der Waals surface area contributed by atoms with Crippen LogP contribution >= 0.6 is 11.6 Å². The molecule has 2 rings (SSSR count). The molecule has 1 fully saturated rings. The van der Waals surface area contributed by atoms with E-state index in [0.29, 0.717) is 23.7 Å². The van der Waals surface area contributed by atoms with Gasteiger partial charge in [-0.3, -0.25) is 10.1 Å². The van der Waals surface area contributed by atoms with Gasteiger partial charge in [0.1, 0.15) is 5.60 Å². The molecule has 0 radical (unpaired) electrons. The van der Waals surface area contributed by atoms with E-state index >= 15 is 0 Å². The second-order valence-corrected chi connectivity index (χ2v) is 3.96. The van der Waals surface area contributed by atoms with Gasteiger partial charge in [-0.1, -0.05) is 11.6 Å². The second kappa shape index (κ2) is 3.44. The summed E-state index contributed by atoms with van der Waals surface area (Å²) in [6.45, 7) is 0.738. The van der Waals surface area contributed by atoms with E-state index in [1.54, 1.807) is 0 Å². The molecule has 0 bridgehead atoms. The van der Waals surface area contributed by atoms with Crippen LogP contribution < -0.4 is 5.32 Å². The number of hydrogen-bond donors (Lipinski definition) is 2. The molecule has 1 aromatic rings. The van der Waals surface area contributed by atoms with Crippen molar-refractivity contribution < 1.29 is 10.0 Å². The summed E-state index contributed by atoms with van der Waals surface area (Å²) in [4.78, 5) is 10.1. The molecule has 80 valence electrons. The SMILES string of the molecule is O=[N+]([O-])c1ccc(Cl)c(C2(O)CNC2)c1. The molecule has 0 unspecified atom stereocenters. The number of rotatable bonds is 2. The molecule has 1 aromatic carbocycles. The second-order valence-electron chi connectivity index (χ2n) is 3.56. The Bertz CT molecular complexity index is 418. The molecule has 0 amide bonds. The minimum Gasteiger partial charge on any atom is -0.382 e. The molecule has 0 atom stereocenters. The van der Waals surface area contributed by atoms with Crippen LogP contribution in [-0.2, 0) is 5.60 Å². The average Bonchev–Trinajstić information content (AvgIpc) is 2.14. The maximum Gasteiger partial charge on any atom is 0.269 e. The zero-order valence-electron chi connectivity index (χ0n) is 7.74. The minimum absolute atomic E-state index is 0.0604. The Morgan fingerprint density at radius 1 is 1.53 bits per heavy atom. The number of aliphatic hydroxyl groups is 1. The van der Waals surface area contributed by atoms with Crippen molar-refractivity contribution in [2.75, 3.05) is 13.1 Å². The summed E-state index contributed by atoms with van der Waals surface area (Å²) in [7, 11) is 0. The Morgan fingerprint density at radius 2 is 2.20 bits per heavy atom. The van der Waals surface area contributed by atoms with Crippen LogP contribution in [0.2, 0.25) is 5.02 Å². The monoisotopic (exact) mass is 228 g/mol. The first-order chi connectivity index (χ1) is 7.03. The van der Waals surface area contributed by atoms with Crippen LogP contribution in [0, 0.1) is 10.1 Å². The first-order valence-electron chi connectivity index (χ1n) is 4.40.